The topological polar surface area (TPSA) is 44.3 Å². The molecule has 1 aliphatic heterocycles. The Balaban J connectivity index is 1.68. The van der Waals surface area contributed by atoms with Crippen LogP contribution in [-0.2, 0) is 0 Å². The molecule has 22 heavy (non-hydrogen) atoms. The van der Waals surface area contributed by atoms with Gasteiger partial charge >= 0.3 is 0 Å². The molecule has 6 heteroatoms. The normalized spacial score (nSPS) is 18.5. The SMILES string of the molecule is CC(CN1CCN(C)CC1)Nc1ncnc2ccc(Br)cc12. The second kappa shape index (κ2) is 6.89. The van der Waals surface area contributed by atoms with Crippen molar-refractivity contribution in [3.05, 3.63) is 29.0 Å². The van der Waals surface area contributed by atoms with Gasteiger partial charge in [0, 0.05) is 48.6 Å². The van der Waals surface area contributed by atoms with Crippen LogP contribution < -0.4 is 5.32 Å². The lowest BCUT2D eigenvalue weighted by molar-refractivity contribution is 0.151. The molecule has 5 nitrogen and oxygen atoms in total. The van der Waals surface area contributed by atoms with Crippen LogP contribution in [0.5, 0.6) is 0 Å². The number of fused-ring (bicyclic) bond motifs is 1. The Kier molecular flexibility index (Phi) is 4.90. The molecule has 0 saturated carbocycles. The third-order valence-corrected chi connectivity index (χ3v) is 4.60. The van der Waals surface area contributed by atoms with E-state index in [0.717, 1.165) is 53.9 Å². The number of nitrogens with zero attached hydrogens (tertiary/aromatic N) is 4. The Bertz CT molecular complexity index is 639. The van der Waals surface area contributed by atoms with E-state index in [4.69, 9.17) is 0 Å². The highest BCUT2D eigenvalue weighted by molar-refractivity contribution is 9.10. The molecule has 1 saturated heterocycles. The van der Waals surface area contributed by atoms with Crippen LogP contribution in [0.3, 0.4) is 0 Å². The van der Waals surface area contributed by atoms with Crippen molar-refractivity contribution in [1.29, 1.82) is 0 Å². The van der Waals surface area contributed by atoms with Crippen molar-refractivity contribution in [2.75, 3.05) is 45.1 Å². The van der Waals surface area contributed by atoms with Crippen LogP contribution in [0, 0.1) is 0 Å². The third-order valence-electron chi connectivity index (χ3n) is 4.11. The predicted molar refractivity (Wildman–Crippen MR) is 94.3 cm³/mol. The molecule has 1 atom stereocenters. The Hall–Kier alpha value is -1.24. The first-order chi connectivity index (χ1) is 10.6. The van der Waals surface area contributed by atoms with Crippen LogP contribution in [0.1, 0.15) is 6.92 Å². The fourth-order valence-electron chi connectivity index (χ4n) is 2.84. The number of hydrogen-bond donors (Lipinski definition) is 1. The summed E-state index contributed by atoms with van der Waals surface area (Å²) in [5.74, 6) is 0.910. The molecule has 1 unspecified atom stereocenters. The summed E-state index contributed by atoms with van der Waals surface area (Å²) in [4.78, 5) is 13.6. The molecule has 0 bridgehead atoms. The predicted octanol–water partition coefficient (Wildman–Crippen LogP) is 2.44. The highest BCUT2D eigenvalue weighted by Gasteiger charge is 2.16. The van der Waals surface area contributed by atoms with Gasteiger partial charge in [0.25, 0.3) is 0 Å². The number of anilines is 1. The van der Waals surface area contributed by atoms with Gasteiger partial charge in [-0.2, -0.15) is 0 Å². The van der Waals surface area contributed by atoms with Gasteiger partial charge in [-0.1, -0.05) is 15.9 Å². The van der Waals surface area contributed by atoms with Gasteiger partial charge < -0.3 is 10.2 Å². The fraction of sp³-hybridized carbons (Fsp3) is 0.500. The standard InChI is InChI=1S/C16H22BrN5/c1-12(10-22-7-5-21(2)6-8-22)20-16-14-9-13(17)3-4-15(14)18-11-19-16/h3-4,9,11-12H,5-8,10H2,1-2H3,(H,18,19,20). The number of nitrogens with one attached hydrogen (secondary N) is 1. The Morgan fingerprint density at radius 2 is 2.00 bits per heavy atom. The molecule has 3 rings (SSSR count). The van der Waals surface area contributed by atoms with E-state index >= 15 is 0 Å². The largest absolute Gasteiger partial charge is 0.366 e. The summed E-state index contributed by atoms with van der Waals surface area (Å²) in [6.45, 7) is 7.82. The van der Waals surface area contributed by atoms with Crippen molar-refractivity contribution >= 4 is 32.7 Å². The number of likely N-dealkylation sites (N-methyl/N-ethyl adjacent to an activating group) is 1. The quantitative estimate of drug-likeness (QED) is 0.903. The third kappa shape index (κ3) is 3.74. The maximum atomic E-state index is 4.42. The summed E-state index contributed by atoms with van der Waals surface area (Å²) in [5, 5.41) is 4.60. The molecule has 1 N–H and O–H groups in total. The number of hydrogen-bond acceptors (Lipinski definition) is 5. The molecule has 1 aliphatic rings. The van der Waals surface area contributed by atoms with Gasteiger partial charge in [-0.25, -0.2) is 9.97 Å². The summed E-state index contributed by atoms with van der Waals surface area (Å²) in [6.07, 6.45) is 1.63. The molecule has 1 fully saturated rings. The van der Waals surface area contributed by atoms with E-state index in [1.54, 1.807) is 6.33 Å². The van der Waals surface area contributed by atoms with E-state index in [1.165, 1.54) is 0 Å². The van der Waals surface area contributed by atoms with Gasteiger partial charge in [-0.15, -0.1) is 0 Å². The highest BCUT2D eigenvalue weighted by Crippen LogP contribution is 2.23. The summed E-state index contributed by atoms with van der Waals surface area (Å²) in [7, 11) is 2.18. The van der Waals surface area contributed by atoms with E-state index in [1.807, 2.05) is 12.1 Å². The molecular formula is C16H22BrN5. The van der Waals surface area contributed by atoms with Gasteiger partial charge in [0.1, 0.15) is 12.1 Å². The van der Waals surface area contributed by atoms with Crippen LogP contribution in [0.25, 0.3) is 10.9 Å². The van der Waals surface area contributed by atoms with Crippen molar-refractivity contribution in [2.45, 2.75) is 13.0 Å². The Morgan fingerprint density at radius 3 is 2.77 bits per heavy atom. The zero-order valence-corrected chi connectivity index (χ0v) is 14.7. The first-order valence-electron chi connectivity index (χ1n) is 7.69. The van der Waals surface area contributed by atoms with Crippen LogP contribution in [0.4, 0.5) is 5.82 Å². The maximum absolute atomic E-state index is 4.42. The smallest absolute Gasteiger partial charge is 0.137 e. The summed E-state index contributed by atoms with van der Waals surface area (Å²) in [6, 6.07) is 6.44. The van der Waals surface area contributed by atoms with Crippen LogP contribution in [0.15, 0.2) is 29.0 Å². The molecule has 0 aliphatic carbocycles. The molecular weight excluding hydrogens is 342 g/mol. The molecule has 2 heterocycles. The summed E-state index contributed by atoms with van der Waals surface area (Å²) in [5.41, 5.74) is 0.965. The zero-order valence-electron chi connectivity index (χ0n) is 13.1. The Morgan fingerprint density at radius 1 is 1.23 bits per heavy atom. The van der Waals surface area contributed by atoms with E-state index in [2.05, 4.69) is 61.1 Å². The molecule has 1 aromatic heterocycles. The lowest BCUT2D eigenvalue weighted by Crippen LogP contribution is -2.47. The molecule has 0 spiro atoms. The second-order valence-electron chi connectivity index (χ2n) is 6.03. The van der Waals surface area contributed by atoms with Crippen LogP contribution in [0.2, 0.25) is 0 Å². The molecule has 118 valence electrons. The number of aromatic nitrogens is 2. The molecule has 2 aromatic rings. The van der Waals surface area contributed by atoms with Gasteiger partial charge in [0.05, 0.1) is 5.52 Å². The minimum atomic E-state index is 0.348. The van der Waals surface area contributed by atoms with E-state index in [9.17, 15) is 0 Å². The van der Waals surface area contributed by atoms with E-state index in [-0.39, 0.29) is 0 Å². The molecule has 1 aromatic carbocycles. The van der Waals surface area contributed by atoms with Crippen molar-refractivity contribution in [1.82, 2.24) is 19.8 Å². The van der Waals surface area contributed by atoms with Crippen molar-refractivity contribution < 1.29 is 0 Å². The summed E-state index contributed by atoms with van der Waals surface area (Å²) >= 11 is 3.52. The van der Waals surface area contributed by atoms with Gasteiger partial charge in [-0.3, -0.25) is 4.90 Å². The monoisotopic (exact) mass is 363 g/mol. The second-order valence-corrected chi connectivity index (χ2v) is 6.95. The Labute approximate surface area is 139 Å². The number of rotatable bonds is 4. The highest BCUT2D eigenvalue weighted by atomic mass is 79.9. The van der Waals surface area contributed by atoms with Crippen LogP contribution >= 0.6 is 15.9 Å². The average Bonchev–Trinajstić information content (AvgIpc) is 2.50. The minimum Gasteiger partial charge on any atom is -0.366 e. The van der Waals surface area contributed by atoms with E-state index < -0.39 is 0 Å². The first-order valence-corrected chi connectivity index (χ1v) is 8.49. The first kappa shape index (κ1) is 15.6. The van der Waals surface area contributed by atoms with E-state index in [0.29, 0.717) is 6.04 Å². The van der Waals surface area contributed by atoms with Crippen molar-refractivity contribution in [2.24, 2.45) is 0 Å². The number of piperazine rings is 1. The van der Waals surface area contributed by atoms with Crippen molar-refractivity contribution in [3.8, 4) is 0 Å². The van der Waals surface area contributed by atoms with Gasteiger partial charge in [-0.05, 0) is 32.2 Å². The average molecular weight is 364 g/mol. The lowest BCUT2D eigenvalue weighted by atomic mass is 10.2. The summed E-state index contributed by atoms with van der Waals surface area (Å²) < 4.78 is 1.05. The number of halogens is 1. The van der Waals surface area contributed by atoms with Gasteiger partial charge in [0.2, 0.25) is 0 Å². The number of benzene rings is 1. The van der Waals surface area contributed by atoms with Crippen molar-refractivity contribution in [3.63, 3.8) is 0 Å². The maximum Gasteiger partial charge on any atom is 0.137 e. The lowest BCUT2D eigenvalue weighted by Gasteiger charge is -2.34. The fourth-order valence-corrected chi connectivity index (χ4v) is 3.20. The molecule has 0 amide bonds. The minimum absolute atomic E-state index is 0.348. The zero-order chi connectivity index (χ0) is 15.5. The molecule has 0 radical (unpaired) electrons. The van der Waals surface area contributed by atoms with Crippen LogP contribution in [-0.4, -0.2) is 65.6 Å². The van der Waals surface area contributed by atoms with Gasteiger partial charge in [0.15, 0.2) is 0 Å².